The second kappa shape index (κ2) is 9.13. The summed E-state index contributed by atoms with van der Waals surface area (Å²) in [6, 6.07) is 0. The van der Waals surface area contributed by atoms with Crippen LogP contribution >= 0.6 is 0 Å². The van der Waals surface area contributed by atoms with E-state index in [9.17, 15) is 22.0 Å². The molecule has 0 aromatic rings. The fraction of sp³-hybridized carbons (Fsp3) is 0.905. The van der Waals surface area contributed by atoms with Crippen molar-refractivity contribution in [1.29, 1.82) is 0 Å². The second-order valence-corrected chi connectivity index (χ2v) is 9.04. The molecule has 3 fully saturated rings. The Hall–Kier alpha value is -0.810. The molecule has 6 heteroatoms. The Labute approximate surface area is 158 Å². The van der Waals surface area contributed by atoms with Gasteiger partial charge in [0.25, 0.3) is 0 Å². The summed E-state index contributed by atoms with van der Waals surface area (Å²) in [6.07, 6.45) is -1.04. The minimum Gasteiger partial charge on any atom is -0.486 e. The molecule has 0 aromatic carbocycles. The Morgan fingerprint density at radius 2 is 1.30 bits per heavy atom. The highest BCUT2D eigenvalue weighted by atomic mass is 19.3. The van der Waals surface area contributed by atoms with Crippen molar-refractivity contribution < 1.29 is 26.7 Å². The Kier molecular flexibility index (Phi) is 7.07. The maximum absolute atomic E-state index is 14.9. The van der Waals surface area contributed by atoms with Gasteiger partial charge in [0.15, 0.2) is 6.10 Å². The van der Waals surface area contributed by atoms with Gasteiger partial charge in [0.2, 0.25) is 0 Å². The van der Waals surface area contributed by atoms with E-state index in [-0.39, 0.29) is 30.9 Å². The van der Waals surface area contributed by atoms with Gasteiger partial charge in [-0.3, -0.25) is 0 Å². The third-order valence-electron chi connectivity index (χ3n) is 7.28. The van der Waals surface area contributed by atoms with Gasteiger partial charge in [0, 0.05) is 0 Å². The number of hydrogen-bond acceptors (Lipinski definition) is 1. The first-order chi connectivity index (χ1) is 12.8. The normalized spacial score (nSPS) is 45.9. The molecule has 0 heterocycles. The molecule has 0 spiro atoms. The maximum Gasteiger partial charge on any atom is 0.304 e. The fourth-order valence-electron chi connectivity index (χ4n) is 5.71. The van der Waals surface area contributed by atoms with E-state index in [0.717, 1.165) is 12.3 Å². The Bertz CT molecular complexity index is 489. The summed E-state index contributed by atoms with van der Waals surface area (Å²) < 4.78 is 72.4. The second-order valence-electron chi connectivity index (χ2n) is 9.04. The third-order valence-corrected chi connectivity index (χ3v) is 7.28. The van der Waals surface area contributed by atoms with E-state index in [4.69, 9.17) is 0 Å². The van der Waals surface area contributed by atoms with Crippen molar-refractivity contribution in [2.45, 2.75) is 89.3 Å². The van der Waals surface area contributed by atoms with Crippen LogP contribution in [0.2, 0.25) is 0 Å². The molecule has 27 heavy (non-hydrogen) atoms. The summed E-state index contributed by atoms with van der Waals surface area (Å²) in [4.78, 5) is 0. The minimum absolute atomic E-state index is 0.0104. The zero-order valence-corrected chi connectivity index (χ0v) is 15.9. The molecule has 3 aliphatic rings. The van der Waals surface area contributed by atoms with E-state index >= 15 is 0 Å². The summed E-state index contributed by atoms with van der Waals surface area (Å²) in [5.74, 6) is 1.05. The molecule has 5 atom stereocenters. The van der Waals surface area contributed by atoms with Crippen LogP contribution in [0.25, 0.3) is 0 Å². The molecule has 0 radical (unpaired) electrons. The monoisotopic (exact) mass is 394 g/mol. The van der Waals surface area contributed by atoms with Crippen molar-refractivity contribution in [3.05, 3.63) is 12.3 Å². The van der Waals surface area contributed by atoms with E-state index in [0.29, 0.717) is 24.7 Å². The molecule has 0 aromatic heterocycles. The van der Waals surface area contributed by atoms with Crippen molar-refractivity contribution in [2.24, 2.45) is 29.6 Å². The highest BCUT2D eigenvalue weighted by Gasteiger charge is 2.46. The summed E-state index contributed by atoms with van der Waals surface area (Å²) in [6.45, 7) is 2.27. The highest BCUT2D eigenvalue weighted by molar-refractivity contribution is 4.95. The zero-order chi connectivity index (χ0) is 19.6. The molecule has 0 N–H and O–H groups in total. The largest absolute Gasteiger partial charge is 0.486 e. The number of rotatable bonds is 4. The molecule has 3 saturated carbocycles. The van der Waals surface area contributed by atoms with Crippen LogP contribution in [0.5, 0.6) is 0 Å². The van der Waals surface area contributed by atoms with E-state index < -0.39 is 30.7 Å². The van der Waals surface area contributed by atoms with Crippen molar-refractivity contribution in [1.82, 2.24) is 0 Å². The summed E-state index contributed by atoms with van der Waals surface area (Å²) in [7, 11) is 0. The molecule has 0 aliphatic heterocycles. The predicted octanol–water partition coefficient (Wildman–Crippen LogP) is 6.78. The first-order valence-corrected chi connectivity index (χ1v) is 10.4. The Balaban J connectivity index is 1.53. The van der Waals surface area contributed by atoms with Crippen LogP contribution in [0.3, 0.4) is 0 Å². The predicted molar refractivity (Wildman–Crippen MR) is 94.5 cm³/mol. The van der Waals surface area contributed by atoms with Crippen LogP contribution in [0, 0.1) is 29.6 Å². The average molecular weight is 394 g/mol. The number of halogens is 5. The summed E-state index contributed by atoms with van der Waals surface area (Å²) in [5, 5.41) is 0. The minimum atomic E-state index is -2.12. The van der Waals surface area contributed by atoms with E-state index in [2.05, 4.69) is 11.7 Å². The van der Waals surface area contributed by atoms with Crippen LogP contribution in [0.15, 0.2) is 12.3 Å². The van der Waals surface area contributed by atoms with Crippen LogP contribution in [-0.4, -0.2) is 24.6 Å². The van der Waals surface area contributed by atoms with E-state index in [1.165, 1.54) is 25.7 Å². The molecule has 0 amide bonds. The molecule has 3 aliphatic carbocycles. The lowest BCUT2D eigenvalue weighted by atomic mass is 9.64. The van der Waals surface area contributed by atoms with Crippen molar-refractivity contribution >= 4 is 0 Å². The van der Waals surface area contributed by atoms with Gasteiger partial charge in [0.05, 0.1) is 0 Å². The number of hydrogen-bond donors (Lipinski definition) is 0. The third kappa shape index (κ3) is 5.17. The zero-order valence-electron chi connectivity index (χ0n) is 15.9. The van der Waals surface area contributed by atoms with E-state index in [1.807, 2.05) is 0 Å². The lowest BCUT2D eigenvalue weighted by molar-refractivity contribution is -0.0691. The van der Waals surface area contributed by atoms with Crippen LogP contribution in [0.4, 0.5) is 22.0 Å². The first-order valence-electron chi connectivity index (χ1n) is 10.4. The Morgan fingerprint density at radius 3 is 1.85 bits per heavy atom. The lowest BCUT2D eigenvalue weighted by Gasteiger charge is -2.44. The van der Waals surface area contributed by atoms with Crippen molar-refractivity contribution in [3.8, 4) is 0 Å². The van der Waals surface area contributed by atoms with E-state index in [1.54, 1.807) is 0 Å². The molecule has 0 saturated heterocycles. The molecule has 1 nitrogen and oxygen atoms in total. The maximum atomic E-state index is 14.9. The molecular weight excluding hydrogens is 363 g/mol. The summed E-state index contributed by atoms with van der Waals surface area (Å²) >= 11 is 0. The molecular formula is C21H31F5O. The topological polar surface area (TPSA) is 9.23 Å². The molecule has 156 valence electrons. The Morgan fingerprint density at radius 1 is 0.741 bits per heavy atom. The van der Waals surface area contributed by atoms with Gasteiger partial charge < -0.3 is 4.74 Å². The van der Waals surface area contributed by atoms with Gasteiger partial charge in [-0.15, -0.1) is 0 Å². The van der Waals surface area contributed by atoms with Gasteiger partial charge in [-0.25, -0.2) is 13.2 Å². The first kappa shape index (κ1) is 20.9. The van der Waals surface area contributed by atoms with Gasteiger partial charge in [-0.2, -0.15) is 8.78 Å². The van der Waals surface area contributed by atoms with Gasteiger partial charge in [-0.05, 0) is 74.5 Å². The SMILES string of the molecule is CC1CCC(C2CCC(C3CC(F)C(OC=C(F)F)C(F)C3)C(F)C2)CC1. The van der Waals surface area contributed by atoms with Crippen LogP contribution in [-0.2, 0) is 4.74 Å². The molecule has 3 rings (SSSR count). The molecule has 0 bridgehead atoms. The van der Waals surface area contributed by atoms with Gasteiger partial charge >= 0.3 is 6.08 Å². The average Bonchev–Trinajstić information content (AvgIpc) is 2.61. The highest BCUT2D eigenvalue weighted by Crippen LogP contribution is 2.47. The lowest BCUT2D eigenvalue weighted by Crippen LogP contribution is -2.45. The number of alkyl halides is 3. The van der Waals surface area contributed by atoms with Crippen LogP contribution < -0.4 is 0 Å². The standard InChI is InChI=1S/C21H31F5O/c1-12-2-4-13(5-3-12)14-6-7-16(17(22)8-14)15-9-18(23)21(19(24)10-15)27-11-20(25)26/h11-19,21H,2-10H2,1H3. The summed E-state index contributed by atoms with van der Waals surface area (Å²) in [5.41, 5.74) is 0. The fourth-order valence-corrected chi connectivity index (χ4v) is 5.71. The van der Waals surface area contributed by atoms with Crippen LogP contribution in [0.1, 0.15) is 64.7 Å². The number of ether oxygens (including phenoxy) is 1. The van der Waals surface area contributed by atoms with Crippen molar-refractivity contribution in [3.63, 3.8) is 0 Å². The van der Waals surface area contributed by atoms with Gasteiger partial charge in [-0.1, -0.05) is 19.8 Å². The quantitative estimate of drug-likeness (QED) is 0.377. The van der Waals surface area contributed by atoms with Gasteiger partial charge in [0.1, 0.15) is 24.8 Å². The smallest absolute Gasteiger partial charge is 0.304 e. The molecule has 5 unspecified atom stereocenters. The van der Waals surface area contributed by atoms with Crippen molar-refractivity contribution in [2.75, 3.05) is 0 Å².